The minimum atomic E-state index is -4.57. The number of aliphatic hydroxyl groups is 1. The lowest BCUT2D eigenvalue weighted by atomic mass is 10.3. The highest BCUT2D eigenvalue weighted by atomic mass is 19.4. The van der Waals surface area contributed by atoms with Crippen molar-refractivity contribution >= 4 is 0 Å². The zero-order valence-electron chi connectivity index (χ0n) is 8.12. The van der Waals surface area contributed by atoms with Crippen molar-refractivity contribution in [1.29, 1.82) is 0 Å². The van der Waals surface area contributed by atoms with Gasteiger partial charge < -0.3 is 10.4 Å². The van der Waals surface area contributed by atoms with Crippen LogP contribution in [0.2, 0.25) is 0 Å². The smallest absolute Gasteiger partial charge is 0.382 e. The maximum atomic E-state index is 11.9. The van der Waals surface area contributed by atoms with Gasteiger partial charge in [-0.15, -0.1) is 0 Å². The van der Waals surface area contributed by atoms with Crippen LogP contribution in [0.15, 0.2) is 12.3 Å². The Morgan fingerprint density at radius 2 is 2.27 bits per heavy atom. The first-order valence-electron chi connectivity index (χ1n) is 4.33. The molecule has 1 unspecified atom stereocenters. The fraction of sp³-hybridized carbons (Fsp3) is 0.625. The van der Waals surface area contributed by atoms with Gasteiger partial charge in [0.2, 0.25) is 0 Å². The van der Waals surface area contributed by atoms with Crippen LogP contribution in [0.25, 0.3) is 0 Å². The molecule has 0 amide bonds. The van der Waals surface area contributed by atoms with Crippen molar-refractivity contribution in [3.8, 4) is 0 Å². The van der Waals surface area contributed by atoms with E-state index in [4.69, 9.17) is 5.11 Å². The average molecular weight is 223 g/mol. The summed E-state index contributed by atoms with van der Waals surface area (Å²) in [4.78, 5) is 0. The molecule has 0 aliphatic rings. The van der Waals surface area contributed by atoms with Gasteiger partial charge in [0.1, 0.15) is 0 Å². The summed E-state index contributed by atoms with van der Waals surface area (Å²) < 4.78 is 37.2. The minimum Gasteiger partial charge on any atom is -0.382 e. The Labute approximate surface area is 84.7 Å². The number of nitrogens with zero attached hydrogens (tertiary/aromatic N) is 2. The first kappa shape index (κ1) is 12.0. The highest BCUT2D eigenvalue weighted by Gasteiger charge is 2.37. The van der Waals surface area contributed by atoms with Crippen LogP contribution < -0.4 is 5.32 Å². The summed E-state index contributed by atoms with van der Waals surface area (Å²) in [6.07, 6.45) is -5.21. The van der Waals surface area contributed by atoms with Crippen LogP contribution in [0.5, 0.6) is 0 Å². The van der Waals surface area contributed by atoms with Gasteiger partial charge in [-0.2, -0.15) is 18.3 Å². The zero-order chi connectivity index (χ0) is 11.5. The molecule has 0 aromatic carbocycles. The zero-order valence-corrected chi connectivity index (χ0v) is 8.12. The molecule has 0 aliphatic carbocycles. The van der Waals surface area contributed by atoms with Crippen molar-refractivity contribution in [3.63, 3.8) is 0 Å². The molecule has 1 atom stereocenters. The standard InChI is InChI=1S/C8H12F3N3O/c1-14-3-2-6(13-14)4-12-5-7(15)8(9,10)11/h2-3,7,12,15H,4-5H2,1H3. The second-order valence-corrected chi connectivity index (χ2v) is 3.17. The molecule has 0 fully saturated rings. The number of aryl methyl sites for hydroxylation is 1. The maximum Gasteiger partial charge on any atom is 0.415 e. The SMILES string of the molecule is Cn1ccc(CNCC(O)C(F)(F)F)n1. The van der Waals surface area contributed by atoms with Crippen LogP contribution >= 0.6 is 0 Å². The summed E-state index contributed by atoms with van der Waals surface area (Å²) in [7, 11) is 1.72. The Morgan fingerprint density at radius 1 is 1.60 bits per heavy atom. The van der Waals surface area contributed by atoms with E-state index in [1.54, 1.807) is 24.0 Å². The summed E-state index contributed by atoms with van der Waals surface area (Å²) >= 11 is 0. The Balaban J connectivity index is 2.28. The number of hydrogen-bond acceptors (Lipinski definition) is 3. The number of hydrogen-bond donors (Lipinski definition) is 2. The van der Waals surface area contributed by atoms with E-state index in [0.29, 0.717) is 5.69 Å². The van der Waals surface area contributed by atoms with Crippen molar-refractivity contribution in [2.75, 3.05) is 6.54 Å². The molecule has 15 heavy (non-hydrogen) atoms. The number of alkyl halides is 3. The summed E-state index contributed by atoms with van der Waals surface area (Å²) in [5.74, 6) is 0. The van der Waals surface area contributed by atoms with Crippen molar-refractivity contribution in [1.82, 2.24) is 15.1 Å². The number of aromatic nitrogens is 2. The van der Waals surface area contributed by atoms with Gasteiger partial charge in [0.05, 0.1) is 5.69 Å². The van der Waals surface area contributed by atoms with E-state index >= 15 is 0 Å². The molecular formula is C8H12F3N3O. The van der Waals surface area contributed by atoms with Gasteiger partial charge in [-0.3, -0.25) is 4.68 Å². The van der Waals surface area contributed by atoms with E-state index in [2.05, 4.69) is 10.4 Å². The van der Waals surface area contributed by atoms with Crippen molar-refractivity contribution < 1.29 is 18.3 Å². The number of aliphatic hydroxyl groups excluding tert-OH is 1. The van der Waals surface area contributed by atoms with Crippen molar-refractivity contribution in [3.05, 3.63) is 18.0 Å². The topological polar surface area (TPSA) is 50.1 Å². The first-order chi connectivity index (χ1) is 6.89. The largest absolute Gasteiger partial charge is 0.415 e. The normalized spacial score (nSPS) is 14.2. The lowest BCUT2D eigenvalue weighted by Gasteiger charge is -2.14. The van der Waals surface area contributed by atoms with Crippen LogP contribution in [0.3, 0.4) is 0 Å². The average Bonchev–Trinajstić information content (AvgIpc) is 2.49. The molecule has 86 valence electrons. The highest BCUT2D eigenvalue weighted by molar-refractivity contribution is 4.97. The highest BCUT2D eigenvalue weighted by Crippen LogP contribution is 2.19. The Kier molecular flexibility index (Phi) is 3.70. The van der Waals surface area contributed by atoms with E-state index in [0.717, 1.165) is 0 Å². The second-order valence-electron chi connectivity index (χ2n) is 3.17. The quantitative estimate of drug-likeness (QED) is 0.778. The van der Waals surface area contributed by atoms with Gasteiger partial charge in [-0.05, 0) is 6.07 Å². The van der Waals surface area contributed by atoms with Gasteiger partial charge in [0, 0.05) is 26.3 Å². The molecule has 0 saturated heterocycles. The molecule has 1 rings (SSSR count). The van der Waals surface area contributed by atoms with Gasteiger partial charge >= 0.3 is 6.18 Å². The van der Waals surface area contributed by atoms with Crippen LogP contribution in [0.1, 0.15) is 5.69 Å². The van der Waals surface area contributed by atoms with E-state index in [-0.39, 0.29) is 6.54 Å². The molecule has 1 aromatic rings. The molecule has 0 bridgehead atoms. The predicted molar refractivity (Wildman–Crippen MR) is 47.0 cm³/mol. The molecule has 0 radical (unpaired) electrons. The maximum absolute atomic E-state index is 11.9. The third-order valence-corrected chi connectivity index (χ3v) is 1.79. The molecule has 7 heteroatoms. The third kappa shape index (κ3) is 3.88. The minimum absolute atomic E-state index is 0.202. The molecule has 0 saturated carbocycles. The first-order valence-corrected chi connectivity index (χ1v) is 4.33. The third-order valence-electron chi connectivity index (χ3n) is 1.79. The number of halogens is 3. The molecule has 2 N–H and O–H groups in total. The predicted octanol–water partition coefficient (Wildman–Crippen LogP) is 0.433. The molecule has 0 aliphatic heterocycles. The second kappa shape index (κ2) is 4.63. The van der Waals surface area contributed by atoms with Gasteiger partial charge in [0.25, 0.3) is 0 Å². The van der Waals surface area contributed by atoms with Crippen molar-refractivity contribution in [2.24, 2.45) is 7.05 Å². The number of nitrogens with one attached hydrogen (secondary N) is 1. The summed E-state index contributed by atoms with van der Waals surface area (Å²) in [5.41, 5.74) is 0.631. The molecule has 4 nitrogen and oxygen atoms in total. The lowest BCUT2D eigenvalue weighted by Crippen LogP contribution is -2.38. The van der Waals surface area contributed by atoms with Crippen LogP contribution in [-0.4, -0.2) is 33.7 Å². The van der Waals surface area contributed by atoms with Gasteiger partial charge in [0.15, 0.2) is 6.10 Å². The number of rotatable bonds is 4. The van der Waals surface area contributed by atoms with Crippen molar-refractivity contribution in [2.45, 2.75) is 18.8 Å². The summed E-state index contributed by atoms with van der Waals surface area (Å²) in [6, 6.07) is 1.69. The van der Waals surface area contributed by atoms with Crippen LogP contribution in [-0.2, 0) is 13.6 Å². The molecule has 0 spiro atoms. The Hall–Kier alpha value is -1.08. The van der Waals surface area contributed by atoms with E-state index in [1.807, 2.05) is 0 Å². The van der Waals surface area contributed by atoms with Crippen LogP contribution in [0, 0.1) is 0 Å². The fourth-order valence-corrected chi connectivity index (χ4v) is 1.01. The van der Waals surface area contributed by atoms with Gasteiger partial charge in [-0.1, -0.05) is 0 Å². The van der Waals surface area contributed by atoms with Crippen LogP contribution in [0.4, 0.5) is 13.2 Å². The summed E-state index contributed by atoms with van der Waals surface area (Å²) in [5, 5.41) is 15.1. The van der Waals surface area contributed by atoms with Gasteiger partial charge in [-0.25, -0.2) is 0 Å². The fourth-order valence-electron chi connectivity index (χ4n) is 1.01. The van der Waals surface area contributed by atoms with E-state index in [1.165, 1.54) is 0 Å². The molecule has 1 heterocycles. The summed E-state index contributed by atoms with van der Waals surface area (Å²) in [6.45, 7) is -0.325. The molecular weight excluding hydrogens is 211 g/mol. The van der Waals surface area contributed by atoms with E-state index < -0.39 is 18.8 Å². The Morgan fingerprint density at radius 3 is 2.73 bits per heavy atom. The molecule has 1 aromatic heterocycles. The van der Waals surface area contributed by atoms with E-state index in [9.17, 15) is 13.2 Å². The monoisotopic (exact) mass is 223 g/mol. The lowest BCUT2D eigenvalue weighted by molar-refractivity contribution is -0.201. The Bertz CT molecular complexity index is 310.